The zero-order chi connectivity index (χ0) is 10.6. The molecule has 0 saturated carbocycles. The van der Waals surface area contributed by atoms with Crippen molar-refractivity contribution >= 4 is 0 Å². The molecule has 2 heteroatoms. The molecule has 14 heavy (non-hydrogen) atoms. The molecule has 0 spiro atoms. The Hall–Kier alpha value is -1.02. The van der Waals surface area contributed by atoms with Gasteiger partial charge in [-0.05, 0) is 36.6 Å². The smallest absolute Gasteiger partial charge is 0.119 e. The minimum atomic E-state index is 0.134. The fourth-order valence-corrected chi connectivity index (χ4v) is 1.61. The topological polar surface area (TPSA) is 35.2 Å². The standard InChI is InChI=1S/C12H19NO/c1-4-5-12(13)11-8-10(14-3)7-6-9(11)2/h6-8,12H,4-5,13H2,1-3H3. The molecule has 0 bridgehead atoms. The van der Waals surface area contributed by atoms with Gasteiger partial charge in [-0.3, -0.25) is 0 Å². The van der Waals surface area contributed by atoms with Gasteiger partial charge < -0.3 is 10.5 Å². The molecule has 2 nitrogen and oxygen atoms in total. The fourth-order valence-electron chi connectivity index (χ4n) is 1.61. The summed E-state index contributed by atoms with van der Waals surface area (Å²) in [6.07, 6.45) is 2.13. The van der Waals surface area contributed by atoms with Gasteiger partial charge in [-0.1, -0.05) is 19.4 Å². The molecule has 0 aliphatic rings. The molecule has 1 unspecified atom stereocenters. The van der Waals surface area contributed by atoms with Crippen molar-refractivity contribution in [1.82, 2.24) is 0 Å². The van der Waals surface area contributed by atoms with Crippen LogP contribution in [0.4, 0.5) is 0 Å². The van der Waals surface area contributed by atoms with E-state index in [9.17, 15) is 0 Å². The number of nitrogens with two attached hydrogens (primary N) is 1. The van der Waals surface area contributed by atoms with E-state index in [0.717, 1.165) is 18.6 Å². The molecule has 1 atom stereocenters. The van der Waals surface area contributed by atoms with Crippen molar-refractivity contribution < 1.29 is 4.74 Å². The monoisotopic (exact) mass is 193 g/mol. The normalized spacial score (nSPS) is 12.6. The lowest BCUT2D eigenvalue weighted by atomic mass is 9.98. The summed E-state index contributed by atoms with van der Waals surface area (Å²) in [5.41, 5.74) is 8.52. The van der Waals surface area contributed by atoms with Gasteiger partial charge in [0, 0.05) is 6.04 Å². The van der Waals surface area contributed by atoms with Crippen LogP contribution in [0.1, 0.15) is 36.9 Å². The molecule has 0 fully saturated rings. The molecule has 0 amide bonds. The third kappa shape index (κ3) is 2.48. The first-order chi connectivity index (χ1) is 6.69. The van der Waals surface area contributed by atoms with Gasteiger partial charge in [0.1, 0.15) is 5.75 Å². The van der Waals surface area contributed by atoms with E-state index in [0.29, 0.717) is 0 Å². The highest BCUT2D eigenvalue weighted by atomic mass is 16.5. The van der Waals surface area contributed by atoms with E-state index in [4.69, 9.17) is 10.5 Å². The lowest BCUT2D eigenvalue weighted by molar-refractivity contribution is 0.413. The average molecular weight is 193 g/mol. The summed E-state index contributed by atoms with van der Waals surface area (Å²) >= 11 is 0. The van der Waals surface area contributed by atoms with Gasteiger partial charge in [-0.25, -0.2) is 0 Å². The Morgan fingerprint density at radius 3 is 2.71 bits per heavy atom. The summed E-state index contributed by atoms with van der Waals surface area (Å²) in [6, 6.07) is 6.20. The second-order valence-electron chi connectivity index (χ2n) is 3.62. The highest BCUT2D eigenvalue weighted by Gasteiger charge is 2.08. The van der Waals surface area contributed by atoms with Crippen LogP contribution >= 0.6 is 0 Å². The quantitative estimate of drug-likeness (QED) is 0.798. The zero-order valence-electron chi connectivity index (χ0n) is 9.21. The molecule has 78 valence electrons. The predicted octanol–water partition coefficient (Wildman–Crippen LogP) is 2.80. The van der Waals surface area contributed by atoms with E-state index in [1.807, 2.05) is 12.1 Å². The van der Waals surface area contributed by atoms with Gasteiger partial charge in [0.05, 0.1) is 7.11 Å². The number of rotatable bonds is 4. The van der Waals surface area contributed by atoms with Crippen LogP contribution < -0.4 is 10.5 Å². The first-order valence-electron chi connectivity index (χ1n) is 5.09. The largest absolute Gasteiger partial charge is 0.497 e. The molecule has 1 aromatic carbocycles. The van der Waals surface area contributed by atoms with Crippen LogP contribution in [0.2, 0.25) is 0 Å². The zero-order valence-corrected chi connectivity index (χ0v) is 9.21. The molecule has 0 aliphatic heterocycles. The van der Waals surface area contributed by atoms with Crippen LogP contribution in [-0.4, -0.2) is 7.11 Å². The second kappa shape index (κ2) is 5.01. The van der Waals surface area contributed by atoms with Crippen molar-refractivity contribution in [3.63, 3.8) is 0 Å². The van der Waals surface area contributed by atoms with E-state index in [2.05, 4.69) is 19.9 Å². The van der Waals surface area contributed by atoms with Gasteiger partial charge >= 0.3 is 0 Å². The van der Waals surface area contributed by atoms with Crippen LogP contribution in [0.3, 0.4) is 0 Å². The van der Waals surface area contributed by atoms with Crippen LogP contribution in [-0.2, 0) is 0 Å². The molecule has 0 aromatic heterocycles. The first-order valence-corrected chi connectivity index (χ1v) is 5.09. The van der Waals surface area contributed by atoms with Gasteiger partial charge in [-0.15, -0.1) is 0 Å². The van der Waals surface area contributed by atoms with E-state index >= 15 is 0 Å². The molecule has 0 radical (unpaired) electrons. The molecular formula is C12H19NO. The van der Waals surface area contributed by atoms with Crippen LogP contribution in [0.5, 0.6) is 5.75 Å². The Bertz CT molecular complexity index is 296. The third-order valence-corrected chi connectivity index (χ3v) is 2.49. The first kappa shape index (κ1) is 11.1. The number of benzene rings is 1. The molecule has 1 aromatic rings. The van der Waals surface area contributed by atoms with Crippen molar-refractivity contribution in [1.29, 1.82) is 0 Å². The maximum absolute atomic E-state index is 6.07. The van der Waals surface area contributed by atoms with Gasteiger partial charge in [-0.2, -0.15) is 0 Å². The Morgan fingerprint density at radius 2 is 2.14 bits per heavy atom. The summed E-state index contributed by atoms with van der Waals surface area (Å²) in [5.74, 6) is 0.886. The predicted molar refractivity (Wildman–Crippen MR) is 59.6 cm³/mol. The highest BCUT2D eigenvalue weighted by Crippen LogP contribution is 2.24. The minimum Gasteiger partial charge on any atom is -0.497 e. The van der Waals surface area contributed by atoms with Crippen molar-refractivity contribution in [2.45, 2.75) is 32.7 Å². The lowest BCUT2D eigenvalue weighted by Crippen LogP contribution is -2.11. The summed E-state index contributed by atoms with van der Waals surface area (Å²) < 4.78 is 5.18. The van der Waals surface area contributed by atoms with Crippen molar-refractivity contribution in [2.75, 3.05) is 7.11 Å². The van der Waals surface area contributed by atoms with Crippen molar-refractivity contribution in [3.05, 3.63) is 29.3 Å². The maximum atomic E-state index is 6.07. The van der Waals surface area contributed by atoms with Crippen LogP contribution in [0.15, 0.2) is 18.2 Å². The summed E-state index contributed by atoms with van der Waals surface area (Å²) in [5, 5.41) is 0. The molecule has 0 heterocycles. The van der Waals surface area contributed by atoms with Crippen molar-refractivity contribution in [2.24, 2.45) is 5.73 Å². The van der Waals surface area contributed by atoms with Gasteiger partial charge in [0.2, 0.25) is 0 Å². The van der Waals surface area contributed by atoms with Crippen LogP contribution in [0.25, 0.3) is 0 Å². The van der Waals surface area contributed by atoms with E-state index in [-0.39, 0.29) is 6.04 Å². The third-order valence-electron chi connectivity index (χ3n) is 2.49. The Labute approximate surface area is 86.1 Å². The highest BCUT2D eigenvalue weighted by molar-refractivity contribution is 5.36. The van der Waals surface area contributed by atoms with Crippen LogP contribution in [0, 0.1) is 6.92 Å². The van der Waals surface area contributed by atoms with E-state index in [1.165, 1.54) is 11.1 Å². The average Bonchev–Trinajstić information content (AvgIpc) is 2.19. The molecular weight excluding hydrogens is 174 g/mol. The van der Waals surface area contributed by atoms with Gasteiger partial charge in [0.25, 0.3) is 0 Å². The molecule has 1 rings (SSSR count). The number of hydrogen-bond acceptors (Lipinski definition) is 2. The number of ether oxygens (including phenoxy) is 1. The summed E-state index contributed by atoms with van der Waals surface area (Å²) in [4.78, 5) is 0. The Balaban J connectivity index is 2.93. The molecule has 0 saturated heterocycles. The Morgan fingerprint density at radius 1 is 1.43 bits per heavy atom. The fraction of sp³-hybridized carbons (Fsp3) is 0.500. The second-order valence-corrected chi connectivity index (χ2v) is 3.62. The minimum absolute atomic E-state index is 0.134. The summed E-state index contributed by atoms with van der Waals surface area (Å²) in [6.45, 7) is 4.24. The summed E-state index contributed by atoms with van der Waals surface area (Å²) in [7, 11) is 1.68. The van der Waals surface area contributed by atoms with E-state index in [1.54, 1.807) is 7.11 Å². The number of methoxy groups -OCH3 is 1. The maximum Gasteiger partial charge on any atom is 0.119 e. The Kier molecular flexibility index (Phi) is 3.96. The van der Waals surface area contributed by atoms with E-state index < -0.39 is 0 Å². The molecule has 0 aliphatic carbocycles. The van der Waals surface area contributed by atoms with Crippen molar-refractivity contribution in [3.8, 4) is 5.75 Å². The number of hydrogen-bond donors (Lipinski definition) is 1. The SMILES string of the molecule is CCCC(N)c1cc(OC)ccc1C. The number of aryl methyl sites for hydroxylation is 1. The van der Waals surface area contributed by atoms with Gasteiger partial charge in [0.15, 0.2) is 0 Å². The lowest BCUT2D eigenvalue weighted by Gasteiger charge is -2.14. The molecule has 2 N–H and O–H groups in total.